The molecule has 0 unspecified atom stereocenters. The van der Waals surface area contributed by atoms with E-state index in [2.05, 4.69) is 76.2 Å². The Morgan fingerprint density at radius 3 is 2.47 bits per heavy atom. The second-order valence-electron chi connectivity index (χ2n) is 7.19. The molecule has 0 saturated carbocycles. The van der Waals surface area contributed by atoms with Crippen LogP contribution < -0.4 is 5.43 Å². The average molecular weight is 479 g/mol. The smallest absolute Gasteiger partial charge is 0.250 e. The van der Waals surface area contributed by atoms with E-state index in [1.54, 1.807) is 11.8 Å². The van der Waals surface area contributed by atoms with Crippen LogP contribution in [0.1, 0.15) is 23.6 Å². The van der Waals surface area contributed by atoms with E-state index in [4.69, 9.17) is 0 Å². The molecule has 0 radical (unpaired) electrons. The van der Waals surface area contributed by atoms with Crippen LogP contribution in [-0.2, 0) is 10.5 Å². The molecule has 162 valence electrons. The van der Waals surface area contributed by atoms with Crippen LogP contribution >= 0.6 is 34.9 Å². The van der Waals surface area contributed by atoms with Gasteiger partial charge in [-0.2, -0.15) is 5.10 Å². The Hall–Kier alpha value is -2.68. The van der Waals surface area contributed by atoms with Crippen LogP contribution in [0.4, 0.5) is 0 Å². The summed E-state index contributed by atoms with van der Waals surface area (Å²) in [5, 5.41) is 15.0. The van der Waals surface area contributed by atoms with Crippen molar-refractivity contribution in [2.24, 2.45) is 5.10 Å². The first-order valence-electron chi connectivity index (χ1n) is 10.0. The summed E-state index contributed by atoms with van der Waals surface area (Å²) in [7, 11) is 0. The summed E-state index contributed by atoms with van der Waals surface area (Å²) >= 11 is 4.54. The number of hydrogen-bond donors (Lipinski definition) is 1. The summed E-state index contributed by atoms with van der Waals surface area (Å²) in [6, 6.07) is 22.8. The molecule has 0 spiro atoms. The predicted octanol–water partition coefficient (Wildman–Crippen LogP) is 5.92. The van der Waals surface area contributed by atoms with Crippen LogP contribution in [0.3, 0.4) is 0 Å². The van der Waals surface area contributed by atoms with Gasteiger partial charge in [0.15, 0.2) is 8.68 Å². The molecule has 0 fully saturated rings. The average Bonchev–Trinajstić information content (AvgIpc) is 3.28. The minimum atomic E-state index is -0.167. The first-order valence-corrected chi connectivity index (χ1v) is 12.8. The highest BCUT2D eigenvalue weighted by molar-refractivity contribution is 8.03. The maximum absolute atomic E-state index is 12.2. The summed E-state index contributed by atoms with van der Waals surface area (Å²) in [5.41, 5.74) is 6.89. The molecule has 1 heterocycles. The third-order valence-corrected chi connectivity index (χ3v) is 7.97. The van der Waals surface area contributed by atoms with E-state index in [9.17, 15) is 4.79 Å². The first-order chi connectivity index (χ1) is 15.6. The zero-order chi connectivity index (χ0) is 22.3. The van der Waals surface area contributed by atoms with Crippen molar-refractivity contribution in [1.29, 1.82) is 0 Å². The van der Waals surface area contributed by atoms with E-state index >= 15 is 0 Å². The SMILES string of the molecule is C/C(=N\NC(=O)CSc1nnc(SCc2ccc(C)cc2)s1)c1ccc2ccccc2c1. The predicted molar refractivity (Wildman–Crippen MR) is 136 cm³/mol. The zero-order valence-electron chi connectivity index (χ0n) is 17.7. The van der Waals surface area contributed by atoms with Crippen LogP contribution in [0.15, 0.2) is 80.5 Å². The molecular weight excluding hydrogens is 456 g/mol. The number of aryl methyl sites for hydroxylation is 1. The van der Waals surface area contributed by atoms with Crippen molar-refractivity contribution in [3.63, 3.8) is 0 Å². The molecular formula is C24H22N4OS3. The second-order valence-corrected chi connectivity index (χ2v) is 10.6. The summed E-state index contributed by atoms with van der Waals surface area (Å²) in [6.07, 6.45) is 0. The van der Waals surface area contributed by atoms with Gasteiger partial charge in [0.2, 0.25) is 0 Å². The normalized spacial score (nSPS) is 11.6. The number of carbonyl (C=O) groups excluding carboxylic acids is 1. The third kappa shape index (κ3) is 6.18. The van der Waals surface area contributed by atoms with Gasteiger partial charge < -0.3 is 0 Å². The maximum Gasteiger partial charge on any atom is 0.250 e. The van der Waals surface area contributed by atoms with Crippen molar-refractivity contribution in [2.45, 2.75) is 28.3 Å². The van der Waals surface area contributed by atoms with Crippen LogP contribution in [0.2, 0.25) is 0 Å². The minimum absolute atomic E-state index is 0.167. The van der Waals surface area contributed by atoms with E-state index < -0.39 is 0 Å². The molecule has 1 N–H and O–H groups in total. The fourth-order valence-corrected chi connectivity index (χ4v) is 5.70. The number of hydrogen-bond acceptors (Lipinski definition) is 7. The lowest BCUT2D eigenvalue weighted by molar-refractivity contribution is -0.118. The number of hydrazone groups is 1. The highest BCUT2D eigenvalue weighted by Gasteiger charge is 2.09. The first kappa shape index (κ1) is 22.5. The number of carbonyl (C=O) groups is 1. The van der Waals surface area contributed by atoms with Crippen LogP contribution in [0.5, 0.6) is 0 Å². The molecule has 0 saturated heterocycles. The van der Waals surface area contributed by atoms with Crippen molar-refractivity contribution in [3.05, 3.63) is 83.4 Å². The number of fused-ring (bicyclic) bond motifs is 1. The molecule has 4 aromatic rings. The molecule has 8 heteroatoms. The molecule has 0 aliphatic heterocycles. The lowest BCUT2D eigenvalue weighted by atomic mass is 10.0. The van der Waals surface area contributed by atoms with E-state index in [1.165, 1.54) is 39.6 Å². The molecule has 4 rings (SSSR count). The molecule has 1 aromatic heterocycles. The summed E-state index contributed by atoms with van der Waals surface area (Å²) in [6.45, 7) is 3.97. The molecule has 0 aliphatic carbocycles. The van der Waals surface area contributed by atoms with Gasteiger partial charge in [0.05, 0.1) is 11.5 Å². The number of amides is 1. The molecule has 0 aliphatic rings. The van der Waals surface area contributed by atoms with Gasteiger partial charge in [0.25, 0.3) is 5.91 Å². The maximum atomic E-state index is 12.2. The number of benzene rings is 3. The van der Waals surface area contributed by atoms with Crippen molar-refractivity contribution >= 4 is 57.3 Å². The quantitative estimate of drug-likeness (QED) is 0.193. The molecule has 1 amide bonds. The second kappa shape index (κ2) is 10.8. The number of rotatable bonds is 8. The van der Waals surface area contributed by atoms with Crippen molar-refractivity contribution in [2.75, 3.05) is 5.75 Å². The summed E-state index contributed by atoms with van der Waals surface area (Å²) in [5.74, 6) is 0.924. The van der Waals surface area contributed by atoms with Gasteiger partial charge in [-0.3, -0.25) is 4.79 Å². The van der Waals surface area contributed by atoms with E-state index in [-0.39, 0.29) is 11.7 Å². The molecule has 32 heavy (non-hydrogen) atoms. The minimum Gasteiger partial charge on any atom is -0.272 e. The van der Waals surface area contributed by atoms with Gasteiger partial charge in [-0.15, -0.1) is 10.2 Å². The molecule has 5 nitrogen and oxygen atoms in total. The van der Waals surface area contributed by atoms with Gasteiger partial charge in [-0.05, 0) is 41.8 Å². The zero-order valence-corrected chi connectivity index (χ0v) is 20.2. The van der Waals surface area contributed by atoms with Crippen molar-refractivity contribution in [1.82, 2.24) is 15.6 Å². The Kier molecular flexibility index (Phi) is 7.57. The molecule has 3 aromatic carbocycles. The van der Waals surface area contributed by atoms with Crippen LogP contribution in [0.25, 0.3) is 10.8 Å². The highest BCUT2D eigenvalue weighted by atomic mass is 32.2. The van der Waals surface area contributed by atoms with Crippen molar-refractivity contribution in [3.8, 4) is 0 Å². The van der Waals surface area contributed by atoms with Crippen LogP contribution in [0, 0.1) is 6.92 Å². The molecule has 0 bridgehead atoms. The number of nitrogens with one attached hydrogen (secondary N) is 1. The standard InChI is InChI=1S/C24H22N4OS3/c1-16-7-9-18(10-8-16)14-30-23-27-28-24(32-23)31-15-22(29)26-25-17(2)20-12-11-19-5-3-4-6-21(19)13-20/h3-13H,14-15H2,1-2H3,(H,26,29)/b25-17+. The third-order valence-electron chi connectivity index (χ3n) is 4.71. The Labute approximate surface area is 199 Å². The van der Waals surface area contributed by atoms with Gasteiger partial charge >= 0.3 is 0 Å². The Balaban J connectivity index is 1.25. The summed E-state index contributed by atoms with van der Waals surface area (Å²) < 4.78 is 1.68. The van der Waals surface area contributed by atoms with E-state index in [1.807, 2.05) is 25.1 Å². The molecule has 0 atom stereocenters. The van der Waals surface area contributed by atoms with Gasteiger partial charge in [0, 0.05) is 5.75 Å². The lowest BCUT2D eigenvalue weighted by Crippen LogP contribution is -2.21. The number of nitrogens with zero attached hydrogens (tertiary/aromatic N) is 3. The topological polar surface area (TPSA) is 67.2 Å². The Morgan fingerprint density at radius 2 is 1.69 bits per heavy atom. The lowest BCUT2D eigenvalue weighted by Gasteiger charge is -2.04. The highest BCUT2D eigenvalue weighted by Crippen LogP contribution is 2.30. The largest absolute Gasteiger partial charge is 0.272 e. The van der Waals surface area contributed by atoms with Gasteiger partial charge in [-0.25, -0.2) is 5.43 Å². The fraction of sp³-hybridized carbons (Fsp3) is 0.167. The van der Waals surface area contributed by atoms with Gasteiger partial charge in [-0.1, -0.05) is 101 Å². The van der Waals surface area contributed by atoms with Crippen LogP contribution in [-0.4, -0.2) is 27.6 Å². The van der Waals surface area contributed by atoms with Gasteiger partial charge in [0.1, 0.15) is 0 Å². The Bertz CT molecular complexity index is 1250. The van der Waals surface area contributed by atoms with E-state index in [0.717, 1.165) is 31.1 Å². The number of thioether (sulfide) groups is 2. The van der Waals surface area contributed by atoms with E-state index in [0.29, 0.717) is 0 Å². The van der Waals surface area contributed by atoms with Crippen molar-refractivity contribution < 1.29 is 4.79 Å². The fourth-order valence-electron chi connectivity index (χ4n) is 2.93. The number of aromatic nitrogens is 2. The monoisotopic (exact) mass is 478 g/mol. The summed E-state index contributed by atoms with van der Waals surface area (Å²) in [4.78, 5) is 12.2. The Morgan fingerprint density at radius 1 is 0.969 bits per heavy atom.